The van der Waals surface area contributed by atoms with Crippen LogP contribution in [-0.4, -0.2) is 68.7 Å². The van der Waals surface area contributed by atoms with Gasteiger partial charge in [-0.25, -0.2) is 0 Å². The molecule has 0 aliphatic heterocycles. The smallest absolute Gasteiger partial charge is 0.240 e. The molecule has 3 atom stereocenters. The van der Waals surface area contributed by atoms with Crippen LogP contribution in [0, 0.1) is 0 Å². The lowest BCUT2D eigenvalue weighted by molar-refractivity contribution is -0.142. The predicted octanol–water partition coefficient (Wildman–Crippen LogP) is -3.72. The molecule has 1 amide bonds. The van der Waals surface area contributed by atoms with Gasteiger partial charge in [0.2, 0.25) is 5.91 Å². The van der Waals surface area contributed by atoms with Gasteiger partial charge < -0.3 is 31.3 Å². The van der Waals surface area contributed by atoms with E-state index in [2.05, 4.69) is 12.3 Å². The van der Waals surface area contributed by atoms with E-state index >= 15 is 0 Å². The van der Waals surface area contributed by atoms with Gasteiger partial charge in [0.15, 0.2) is 5.78 Å². The molecule has 0 aromatic carbocycles. The lowest BCUT2D eigenvalue weighted by Crippen LogP contribution is -2.44. The maximum Gasteiger partial charge on any atom is 0.240 e. The van der Waals surface area contributed by atoms with Gasteiger partial charge >= 0.3 is 0 Å². The van der Waals surface area contributed by atoms with Crippen LogP contribution in [0.25, 0.3) is 0 Å². The van der Waals surface area contributed by atoms with Gasteiger partial charge in [0.25, 0.3) is 0 Å². The Morgan fingerprint density at radius 3 is 1.88 bits per heavy atom. The second-order valence-corrected chi connectivity index (χ2v) is 2.92. The van der Waals surface area contributed by atoms with Gasteiger partial charge in [0.1, 0.15) is 24.9 Å². The van der Waals surface area contributed by atoms with Gasteiger partial charge in [0, 0.05) is 0 Å². The Morgan fingerprint density at radius 2 is 1.65 bits per heavy atom. The van der Waals surface area contributed by atoms with E-state index in [4.69, 9.17) is 25.5 Å². The largest absolute Gasteiger partial charge is 0.394 e. The molecule has 0 aliphatic carbocycles. The van der Waals surface area contributed by atoms with E-state index in [9.17, 15) is 9.59 Å². The molecule has 0 spiro atoms. The molecule has 0 radical (unpaired) electrons. The molecule has 0 saturated heterocycles. The second kappa shape index (κ2) is 9.87. The zero-order valence-electron chi connectivity index (χ0n) is 9.06. The summed E-state index contributed by atoms with van der Waals surface area (Å²) in [6.07, 6.45) is -4.16. The third-order valence-electron chi connectivity index (χ3n) is 1.59. The Kier molecular flexibility index (Phi) is 10.5. The fraction of sp³-hybridized carbons (Fsp3) is 0.556. The average molecular weight is 251 g/mol. The summed E-state index contributed by atoms with van der Waals surface area (Å²) in [5.41, 5.74) is 4.53. The summed E-state index contributed by atoms with van der Waals surface area (Å²) in [4.78, 5) is 20.0. The molecule has 17 heavy (non-hydrogen) atoms. The van der Waals surface area contributed by atoms with Gasteiger partial charge in [0.05, 0.1) is 6.61 Å². The molecule has 8 heteroatoms. The van der Waals surface area contributed by atoms with Crippen LogP contribution < -0.4 is 5.73 Å². The number of aliphatic hydroxyl groups excluding tert-OH is 5. The van der Waals surface area contributed by atoms with E-state index in [1.165, 1.54) is 0 Å². The molecule has 0 saturated carbocycles. The predicted molar refractivity (Wildman–Crippen MR) is 56.6 cm³/mol. The molecule has 0 aromatic rings. The molecule has 7 N–H and O–H groups in total. The van der Waals surface area contributed by atoms with Crippen molar-refractivity contribution in [2.24, 2.45) is 5.73 Å². The topological polar surface area (TPSA) is 161 Å². The van der Waals surface area contributed by atoms with Crippen LogP contribution in [0.4, 0.5) is 0 Å². The minimum Gasteiger partial charge on any atom is -0.394 e. The number of ketones is 1. The summed E-state index contributed by atoms with van der Waals surface area (Å²) in [5, 5.41) is 43.1. The molecular weight excluding hydrogens is 234 g/mol. The van der Waals surface area contributed by atoms with Gasteiger partial charge in [-0.1, -0.05) is 6.58 Å². The zero-order chi connectivity index (χ0) is 14.0. The minimum absolute atomic E-state index is 0.481. The Balaban J connectivity index is 0. The van der Waals surface area contributed by atoms with Crippen molar-refractivity contribution >= 4 is 11.7 Å². The van der Waals surface area contributed by atoms with Crippen molar-refractivity contribution in [3.05, 3.63) is 12.7 Å². The minimum atomic E-state index is -1.86. The molecule has 0 aliphatic rings. The SMILES string of the molecule is C=CC(N)=O.O=C(CO)[C@@H](O)[C@H](O)[C@H](O)CO. The molecule has 0 unspecified atom stereocenters. The lowest BCUT2D eigenvalue weighted by atomic mass is 10.1. The third kappa shape index (κ3) is 8.48. The molecule has 0 heterocycles. The van der Waals surface area contributed by atoms with Crippen molar-refractivity contribution in [1.29, 1.82) is 0 Å². The molecule has 0 aromatic heterocycles. The summed E-state index contributed by atoms with van der Waals surface area (Å²) in [6, 6.07) is 0. The monoisotopic (exact) mass is 251 g/mol. The van der Waals surface area contributed by atoms with Gasteiger partial charge in [-0.3, -0.25) is 9.59 Å². The number of amides is 1. The number of aliphatic hydroxyl groups is 5. The summed E-state index contributed by atoms with van der Waals surface area (Å²) in [5.74, 6) is -1.49. The first-order valence-corrected chi connectivity index (χ1v) is 4.52. The molecular formula is C9H17NO7. The quantitative estimate of drug-likeness (QED) is 0.264. The second-order valence-electron chi connectivity index (χ2n) is 2.92. The average Bonchev–Trinajstić information content (AvgIpc) is 2.35. The van der Waals surface area contributed by atoms with Crippen LogP contribution in [0.1, 0.15) is 0 Å². The van der Waals surface area contributed by atoms with Crippen LogP contribution in [0.3, 0.4) is 0 Å². The number of carbonyl (C=O) groups is 2. The Labute approximate surface area is 97.6 Å². The highest BCUT2D eigenvalue weighted by molar-refractivity contribution is 5.85. The lowest BCUT2D eigenvalue weighted by Gasteiger charge is -2.19. The van der Waals surface area contributed by atoms with Crippen LogP contribution in [0.2, 0.25) is 0 Å². The Hall–Kier alpha value is -1.32. The summed E-state index contributed by atoms with van der Waals surface area (Å²) < 4.78 is 0. The number of primary amides is 1. The van der Waals surface area contributed by atoms with Crippen molar-refractivity contribution < 1.29 is 35.1 Å². The normalized spacial score (nSPS) is 14.9. The van der Waals surface area contributed by atoms with E-state index in [1.807, 2.05) is 0 Å². The number of rotatable bonds is 6. The molecule has 0 rings (SSSR count). The van der Waals surface area contributed by atoms with E-state index in [1.54, 1.807) is 0 Å². The number of nitrogens with two attached hydrogens (primary N) is 1. The standard InChI is InChI=1S/C6H12O6.C3H5NO/c7-1-3(9)5(11)6(12)4(10)2-8;1-2-3(4)5/h3,5-9,11-12H,1-2H2;2H,1H2,(H2,4,5)/t3-,5-,6-;/m1./s1. The van der Waals surface area contributed by atoms with E-state index < -0.39 is 43.2 Å². The van der Waals surface area contributed by atoms with E-state index in [0.29, 0.717) is 0 Å². The molecule has 0 fully saturated rings. The number of hydrogen-bond donors (Lipinski definition) is 6. The van der Waals surface area contributed by atoms with Crippen LogP contribution in [0.15, 0.2) is 12.7 Å². The third-order valence-corrected chi connectivity index (χ3v) is 1.59. The highest BCUT2D eigenvalue weighted by Crippen LogP contribution is 2.00. The highest BCUT2D eigenvalue weighted by atomic mass is 16.4. The number of hydrogen-bond acceptors (Lipinski definition) is 7. The number of carbonyl (C=O) groups excluding carboxylic acids is 2. The fourth-order valence-electron chi connectivity index (χ4n) is 0.602. The van der Waals surface area contributed by atoms with Crippen LogP contribution in [0.5, 0.6) is 0 Å². The van der Waals surface area contributed by atoms with Crippen LogP contribution >= 0.6 is 0 Å². The van der Waals surface area contributed by atoms with Gasteiger partial charge in [-0.2, -0.15) is 0 Å². The Morgan fingerprint density at radius 1 is 1.24 bits per heavy atom. The molecule has 0 bridgehead atoms. The first kappa shape index (κ1) is 18.1. The maximum atomic E-state index is 10.5. The summed E-state index contributed by atoms with van der Waals surface area (Å²) in [6.45, 7) is 1.40. The molecule has 100 valence electrons. The number of Topliss-reactive ketones (excluding diaryl/α,β-unsaturated/α-hetero) is 1. The summed E-state index contributed by atoms with van der Waals surface area (Å²) >= 11 is 0. The van der Waals surface area contributed by atoms with Crippen molar-refractivity contribution in [2.75, 3.05) is 13.2 Å². The van der Waals surface area contributed by atoms with Gasteiger partial charge in [-0.05, 0) is 6.08 Å². The van der Waals surface area contributed by atoms with E-state index in [0.717, 1.165) is 6.08 Å². The van der Waals surface area contributed by atoms with Crippen molar-refractivity contribution in [2.45, 2.75) is 18.3 Å². The zero-order valence-corrected chi connectivity index (χ0v) is 9.06. The van der Waals surface area contributed by atoms with Crippen LogP contribution in [-0.2, 0) is 9.59 Å². The fourth-order valence-corrected chi connectivity index (χ4v) is 0.602. The van der Waals surface area contributed by atoms with E-state index in [-0.39, 0.29) is 0 Å². The maximum absolute atomic E-state index is 10.5. The van der Waals surface area contributed by atoms with Crippen molar-refractivity contribution in [3.8, 4) is 0 Å². The first-order chi connectivity index (χ1) is 7.81. The van der Waals surface area contributed by atoms with Gasteiger partial charge in [-0.15, -0.1) is 0 Å². The summed E-state index contributed by atoms with van der Waals surface area (Å²) in [7, 11) is 0. The first-order valence-electron chi connectivity index (χ1n) is 4.52. The van der Waals surface area contributed by atoms with Crippen molar-refractivity contribution in [3.63, 3.8) is 0 Å². The van der Waals surface area contributed by atoms with Crippen molar-refractivity contribution in [1.82, 2.24) is 0 Å². The molecule has 8 nitrogen and oxygen atoms in total. The highest BCUT2D eigenvalue weighted by Gasteiger charge is 2.28. The Bertz CT molecular complexity index is 256.